The van der Waals surface area contributed by atoms with E-state index < -0.39 is 0 Å². The number of aromatic nitrogens is 1. The van der Waals surface area contributed by atoms with Crippen LogP contribution >= 0.6 is 23.8 Å². The van der Waals surface area contributed by atoms with E-state index in [0.717, 1.165) is 22.3 Å². The standard InChI is InChI=1S/C16H12ClN3S/c17-10-4-3-5-11(8-10)20-15-12-6-1-2-7-14(12)19-9-13(15)16(18)21/h1-9H,(H2,18,21)(H,19,20). The second kappa shape index (κ2) is 5.68. The van der Waals surface area contributed by atoms with E-state index in [4.69, 9.17) is 29.6 Å². The zero-order chi connectivity index (χ0) is 14.8. The van der Waals surface area contributed by atoms with Gasteiger partial charge in [-0.2, -0.15) is 0 Å². The van der Waals surface area contributed by atoms with E-state index in [9.17, 15) is 0 Å². The smallest absolute Gasteiger partial charge is 0.107 e. The molecule has 0 aliphatic rings. The van der Waals surface area contributed by atoms with Gasteiger partial charge in [-0.05, 0) is 24.3 Å². The normalized spacial score (nSPS) is 10.5. The third-order valence-electron chi connectivity index (χ3n) is 3.13. The number of anilines is 2. The molecule has 5 heteroatoms. The van der Waals surface area contributed by atoms with E-state index in [2.05, 4.69) is 10.3 Å². The van der Waals surface area contributed by atoms with Crippen molar-refractivity contribution in [1.82, 2.24) is 4.98 Å². The number of nitrogens with two attached hydrogens (primary N) is 1. The Bertz CT molecular complexity index is 833. The summed E-state index contributed by atoms with van der Waals surface area (Å²) in [6.07, 6.45) is 1.69. The maximum atomic E-state index is 6.03. The van der Waals surface area contributed by atoms with E-state index >= 15 is 0 Å². The Morgan fingerprint density at radius 3 is 2.71 bits per heavy atom. The van der Waals surface area contributed by atoms with Crippen LogP contribution in [0, 0.1) is 0 Å². The molecular weight excluding hydrogens is 302 g/mol. The van der Waals surface area contributed by atoms with Gasteiger partial charge in [-0.15, -0.1) is 0 Å². The van der Waals surface area contributed by atoms with Gasteiger partial charge in [0.2, 0.25) is 0 Å². The maximum absolute atomic E-state index is 6.03. The highest BCUT2D eigenvalue weighted by Gasteiger charge is 2.11. The Balaban J connectivity index is 2.18. The van der Waals surface area contributed by atoms with Gasteiger partial charge in [-0.1, -0.05) is 48.1 Å². The van der Waals surface area contributed by atoms with E-state index in [0.29, 0.717) is 15.6 Å². The average molecular weight is 314 g/mol. The number of para-hydroxylation sites is 1. The third kappa shape index (κ3) is 2.82. The Morgan fingerprint density at radius 2 is 1.95 bits per heavy atom. The molecule has 3 nitrogen and oxygen atoms in total. The molecule has 0 fully saturated rings. The molecule has 0 radical (unpaired) electrons. The van der Waals surface area contributed by atoms with Crippen LogP contribution in [0.4, 0.5) is 11.4 Å². The van der Waals surface area contributed by atoms with Crippen molar-refractivity contribution in [1.29, 1.82) is 0 Å². The minimum Gasteiger partial charge on any atom is -0.389 e. The topological polar surface area (TPSA) is 50.9 Å². The molecule has 0 amide bonds. The summed E-state index contributed by atoms with van der Waals surface area (Å²) >= 11 is 11.2. The van der Waals surface area contributed by atoms with Crippen LogP contribution in [0.1, 0.15) is 5.56 Å². The number of thiocarbonyl (C=S) groups is 1. The highest BCUT2D eigenvalue weighted by Crippen LogP contribution is 2.29. The summed E-state index contributed by atoms with van der Waals surface area (Å²) in [6.45, 7) is 0. The molecule has 21 heavy (non-hydrogen) atoms. The second-order valence-electron chi connectivity index (χ2n) is 4.56. The van der Waals surface area contributed by atoms with Gasteiger partial charge in [-0.3, -0.25) is 4.98 Å². The summed E-state index contributed by atoms with van der Waals surface area (Å²) in [5.74, 6) is 0. The van der Waals surface area contributed by atoms with Gasteiger partial charge in [-0.25, -0.2) is 0 Å². The lowest BCUT2D eigenvalue weighted by molar-refractivity contribution is 1.38. The van der Waals surface area contributed by atoms with Crippen molar-refractivity contribution in [3.8, 4) is 0 Å². The minimum absolute atomic E-state index is 0.304. The number of nitrogens with one attached hydrogen (secondary N) is 1. The Morgan fingerprint density at radius 1 is 1.14 bits per heavy atom. The number of rotatable bonds is 3. The first-order valence-corrected chi connectivity index (χ1v) is 7.14. The highest BCUT2D eigenvalue weighted by molar-refractivity contribution is 7.80. The molecule has 3 aromatic rings. The van der Waals surface area contributed by atoms with E-state index in [1.54, 1.807) is 6.20 Å². The lowest BCUT2D eigenvalue weighted by Gasteiger charge is -2.14. The number of benzene rings is 2. The SMILES string of the molecule is NC(=S)c1cnc2ccccc2c1Nc1cccc(Cl)c1. The van der Waals surface area contributed by atoms with E-state index in [-0.39, 0.29) is 0 Å². The fraction of sp³-hybridized carbons (Fsp3) is 0. The third-order valence-corrected chi connectivity index (χ3v) is 3.59. The fourth-order valence-corrected chi connectivity index (χ4v) is 2.52. The molecule has 0 unspecified atom stereocenters. The van der Waals surface area contributed by atoms with Crippen LogP contribution < -0.4 is 11.1 Å². The molecule has 0 aliphatic carbocycles. The number of halogens is 1. The first-order chi connectivity index (χ1) is 10.1. The molecule has 2 aromatic carbocycles. The number of hydrogen-bond donors (Lipinski definition) is 2. The monoisotopic (exact) mass is 313 g/mol. The molecule has 0 atom stereocenters. The number of pyridine rings is 1. The minimum atomic E-state index is 0.304. The van der Waals surface area contributed by atoms with Gasteiger partial charge in [0.25, 0.3) is 0 Å². The van der Waals surface area contributed by atoms with Gasteiger partial charge >= 0.3 is 0 Å². The van der Waals surface area contributed by atoms with E-state index in [1.165, 1.54) is 0 Å². The predicted molar refractivity (Wildman–Crippen MR) is 92.4 cm³/mol. The highest BCUT2D eigenvalue weighted by atomic mass is 35.5. The molecule has 104 valence electrons. The van der Waals surface area contributed by atoms with Crippen LogP contribution in [-0.4, -0.2) is 9.97 Å². The largest absolute Gasteiger partial charge is 0.389 e. The molecule has 3 rings (SSSR count). The van der Waals surface area contributed by atoms with Crippen LogP contribution in [-0.2, 0) is 0 Å². The first-order valence-electron chi connectivity index (χ1n) is 6.35. The Kier molecular flexibility index (Phi) is 3.73. The van der Waals surface area contributed by atoms with Crippen molar-refractivity contribution in [3.05, 3.63) is 65.3 Å². The molecular formula is C16H12ClN3S. The molecule has 0 spiro atoms. The molecule has 1 heterocycles. The van der Waals surface area contributed by atoms with Gasteiger partial charge in [0, 0.05) is 22.3 Å². The van der Waals surface area contributed by atoms with Gasteiger partial charge in [0.15, 0.2) is 0 Å². The van der Waals surface area contributed by atoms with Crippen LogP contribution in [0.25, 0.3) is 10.9 Å². The number of nitrogens with zero attached hydrogens (tertiary/aromatic N) is 1. The second-order valence-corrected chi connectivity index (χ2v) is 5.44. The molecule has 0 aliphatic heterocycles. The Hall–Kier alpha value is -2.17. The average Bonchev–Trinajstić information content (AvgIpc) is 2.47. The molecule has 1 aromatic heterocycles. The Labute approximate surface area is 132 Å². The molecule has 3 N–H and O–H groups in total. The van der Waals surface area contributed by atoms with Gasteiger partial charge in [0.1, 0.15) is 4.99 Å². The molecule has 0 bridgehead atoms. The zero-order valence-electron chi connectivity index (χ0n) is 11.0. The van der Waals surface area contributed by atoms with Gasteiger partial charge < -0.3 is 11.1 Å². The number of hydrogen-bond acceptors (Lipinski definition) is 3. The summed E-state index contributed by atoms with van der Waals surface area (Å²) in [6, 6.07) is 15.3. The number of fused-ring (bicyclic) bond motifs is 1. The summed E-state index contributed by atoms with van der Waals surface area (Å²) in [7, 11) is 0. The quantitative estimate of drug-likeness (QED) is 0.709. The van der Waals surface area contributed by atoms with Crippen LogP contribution in [0.3, 0.4) is 0 Å². The van der Waals surface area contributed by atoms with E-state index in [1.807, 2.05) is 48.5 Å². The predicted octanol–water partition coefficient (Wildman–Crippen LogP) is 4.27. The van der Waals surface area contributed by atoms with Gasteiger partial charge in [0.05, 0.1) is 16.8 Å². The fourth-order valence-electron chi connectivity index (χ4n) is 2.17. The molecule has 0 saturated carbocycles. The van der Waals surface area contributed by atoms with Crippen molar-refractivity contribution in [2.75, 3.05) is 5.32 Å². The lowest BCUT2D eigenvalue weighted by atomic mass is 10.1. The zero-order valence-corrected chi connectivity index (χ0v) is 12.6. The van der Waals surface area contributed by atoms with Crippen LogP contribution in [0.2, 0.25) is 5.02 Å². The van der Waals surface area contributed by atoms with Crippen molar-refractivity contribution >= 4 is 51.1 Å². The van der Waals surface area contributed by atoms with Crippen LogP contribution in [0.5, 0.6) is 0 Å². The summed E-state index contributed by atoms with van der Waals surface area (Å²) in [5, 5.41) is 4.97. The van der Waals surface area contributed by atoms with Crippen molar-refractivity contribution in [2.45, 2.75) is 0 Å². The van der Waals surface area contributed by atoms with Crippen molar-refractivity contribution in [3.63, 3.8) is 0 Å². The maximum Gasteiger partial charge on any atom is 0.107 e. The lowest BCUT2D eigenvalue weighted by Crippen LogP contribution is -2.12. The van der Waals surface area contributed by atoms with Crippen molar-refractivity contribution in [2.24, 2.45) is 5.73 Å². The summed E-state index contributed by atoms with van der Waals surface area (Å²) < 4.78 is 0. The first kappa shape index (κ1) is 13.8. The van der Waals surface area contributed by atoms with Crippen LogP contribution in [0.15, 0.2) is 54.7 Å². The molecule has 0 saturated heterocycles. The van der Waals surface area contributed by atoms with Crippen molar-refractivity contribution < 1.29 is 0 Å². The summed E-state index contributed by atoms with van der Waals surface area (Å²) in [4.78, 5) is 4.69. The summed E-state index contributed by atoms with van der Waals surface area (Å²) in [5.41, 5.74) is 9.12.